The van der Waals surface area contributed by atoms with Gasteiger partial charge in [-0.25, -0.2) is 14.5 Å². The van der Waals surface area contributed by atoms with E-state index in [1.165, 1.54) is 9.80 Å². The highest BCUT2D eigenvalue weighted by Gasteiger charge is 2.43. The van der Waals surface area contributed by atoms with E-state index in [-0.39, 0.29) is 30.4 Å². The molecule has 1 aromatic rings. The molecule has 7 heteroatoms. The van der Waals surface area contributed by atoms with E-state index in [0.29, 0.717) is 38.8 Å². The molecule has 2 saturated heterocycles. The van der Waals surface area contributed by atoms with Gasteiger partial charge in [-0.2, -0.15) is 0 Å². The topological polar surface area (TPSA) is 87.2 Å². The zero-order valence-corrected chi connectivity index (χ0v) is 15.5. The molecule has 2 atom stereocenters. The molecule has 2 aliphatic heterocycles. The van der Waals surface area contributed by atoms with Crippen LogP contribution in [0.3, 0.4) is 0 Å². The summed E-state index contributed by atoms with van der Waals surface area (Å²) in [6, 6.07) is 9.46. The van der Waals surface area contributed by atoms with E-state index >= 15 is 0 Å². The van der Waals surface area contributed by atoms with Crippen molar-refractivity contribution in [3.63, 3.8) is 0 Å². The number of benzene rings is 1. The van der Waals surface area contributed by atoms with Gasteiger partial charge in [0.1, 0.15) is 6.61 Å². The third kappa shape index (κ3) is 4.23. The normalized spacial score (nSPS) is 21.8. The van der Waals surface area contributed by atoms with Gasteiger partial charge in [-0.1, -0.05) is 37.3 Å². The molecular formula is C20H26N2O5. The van der Waals surface area contributed by atoms with Gasteiger partial charge in [0.15, 0.2) is 0 Å². The van der Waals surface area contributed by atoms with Crippen molar-refractivity contribution in [2.45, 2.75) is 38.6 Å². The van der Waals surface area contributed by atoms with Crippen LogP contribution in [0.1, 0.15) is 31.7 Å². The summed E-state index contributed by atoms with van der Waals surface area (Å²) in [6.07, 6.45) is 0.997. The summed E-state index contributed by atoms with van der Waals surface area (Å²) in [5.41, 5.74) is 1.06. The fraction of sp³-hybridized carbons (Fsp3) is 0.550. The van der Waals surface area contributed by atoms with E-state index in [1.54, 1.807) is 0 Å². The average Bonchev–Trinajstić information content (AvgIpc) is 3.03. The Morgan fingerprint density at radius 1 is 1.22 bits per heavy atom. The number of hydrogen-bond acceptors (Lipinski definition) is 4. The third-order valence-electron chi connectivity index (χ3n) is 5.65. The smallest absolute Gasteiger partial charge is 0.416 e. The second-order valence-electron chi connectivity index (χ2n) is 7.25. The Labute approximate surface area is 158 Å². The molecule has 0 bridgehead atoms. The molecule has 1 unspecified atom stereocenters. The lowest BCUT2D eigenvalue weighted by Crippen LogP contribution is -2.47. The quantitative estimate of drug-likeness (QED) is 0.856. The number of piperidine rings is 1. The van der Waals surface area contributed by atoms with Crippen molar-refractivity contribution in [3.8, 4) is 0 Å². The largest absolute Gasteiger partial charge is 0.465 e. The first-order valence-corrected chi connectivity index (χ1v) is 9.52. The Balaban J connectivity index is 1.69. The lowest BCUT2D eigenvalue weighted by Gasteiger charge is -2.35. The summed E-state index contributed by atoms with van der Waals surface area (Å²) >= 11 is 0. The number of hydrogen-bond donors (Lipinski definition) is 1. The number of cyclic esters (lactones) is 1. The van der Waals surface area contributed by atoms with Crippen molar-refractivity contribution in [1.82, 2.24) is 9.80 Å². The number of carboxylic acid groups (broad SMARTS) is 1. The Morgan fingerprint density at radius 3 is 2.48 bits per heavy atom. The fourth-order valence-corrected chi connectivity index (χ4v) is 4.15. The summed E-state index contributed by atoms with van der Waals surface area (Å²) in [5.74, 6) is -0.386. The number of carbonyl (C=O) groups is 3. The lowest BCUT2D eigenvalue weighted by molar-refractivity contribution is -0.136. The number of carbonyl (C=O) groups excluding carboxylic acids is 2. The second-order valence-corrected chi connectivity index (χ2v) is 7.25. The van der Waals surface area contributed by atoms with Crippen molar-refractivity contribution >= 4 is 18.1 Å². The van der Waals surface area contributed by atoms with Crippen LogP contribution in [0.5, 0.6) is 0 Å². The van der Waals surface area contributed by atoms with Crippen molar-refractivity contribution in [2.24, 2.45) is 11.8 Å². The third-order valence-corrected chi connectivity index (χ3v) is 5.65. The number of amides is 3. The molecule has 7 nitrogen and oxygen atoms in total. The van der Waals surface area contributed by atoms with E-state index in [2.05, 4.69) is 0 Å². The van der Waals surface area contributed by atoms with Crippen molar-refractivity contribution in [3.05, 3.63) is 35.9 Å². The molecule has 0 aliphatic carbocycles. The summed E-state index contributed by atoms with van der Waals surface area (Å²) < 4.78 is 5.18. The molecule has 1 aromatic carbocycles. The molecule has 146 valence electrons. The first kappa shape index (κ1) is 19.2. The van der Waals surface area contributed by atoms with Gasteiger partial charge in [0.05, 0.1) is 6.04 Å². The zero-order chi connectivity index (χ0) is 19.4. The fourth-order valence-electron chi connectivity index (χ4n) is 4.15. The van der Waals surface area contributed by atoms with Gasteiger partial charge >= 0.3 is 12.2 Å². The van der Waals surface area contributed by atoms with Crippen LogP contribution in [-0.4, -0.2) is 58.7 Å². The molecule has 0 radical (unpaired) electrons. The van der Waals surface area contributed by atoms with Crippen molar-refractivity contribution in [1.29, 1.82) is 0 Å². The standard InChI is InChI=1S/C20H26N2O5/c1-2-17(15-8-10-21(11-9-15)19(24)25)18(23)22-16(13-27-20(22)26)12-14-6-4-3-5-7-14/h3-7,15-17H,2,8-13H2,1H3,(H,24,25)/t16-,17?/m0/s1. The number of likely N-dealkylation sites (tertiary alicyclic amines) is 1. The molecule has 27 heavy (non-hydrogen) atoms. The van der Waals surface area contributed by atoms with E-state index in [1.807, 2.05) is 37.3 Å². The Bertz CT molecular complexity index is 685. The highest BCUT2D eigenvalue weighted by Crippen LogP contribution is 2.31. The van der Waals surface area contributed by atoms with Gasteiger partial charge < -0.3 is 14.7 Å². The first-order chi connectivity index (χ1) is 13.0. The van der Waals surface area contributed by atoms with Gasteiger partial charge in [0.2, 0.25) is 5.91 Å². The maximum Gasteiger partial charge on any atom is 0.416 e. The van der Waals surface area contributed by atoms with Gasteiger partial charge in [-0.3, -0.25) is 4.79 Å². The molecule has 3 rings (SSSR count). The zero-order valence-electron chi connectivity index (χ0n) is 15.5. The van der Waals surface area contributed by atoms with Gasteiger partial charge in [-0.15, -0.1) is 0 Å². The maximum absolute atomic E-state index is 13.2. The Hall–Kier alpha value is -2.57. The molecule has 3 amide bonds. The van der Waals surface area contributed by atoms with Crippen LogP contribution in [0, 0.1) is 11.8 Å². The maximum atomic E-state index is 13.2. The molecule has 2 aliphatic rings. The summed E-state index contributed by atoms with van der Waals surface area (Å²) in [5, 5.41) is 9.10. The molecular weight excluding hydrogens is 348 g/mol. The number of nitrogens with zero attached hydrogens (tertiary/aromatic N) is 2. The van der Waals surface area contributed by atoms with Crippen LogP contribution in [0.4, 0.5) is 9.59 Å². The minimum atomic E-state index is -0.918. The number of imide groups is 1. The molecule has 0 aromatic heterocycles. The monoisotopic (exact) mass is 374 g/mol. The average molecular weight is 374 g/mol. The minimum Gasteiger partial charge on any atom is -0.465 e. The number of rotatable bonds is 5. The molecule has 2 fully saturated rings. The molecule has 1 N–H and O–H groups in total. The highest BCUT2D eigenvalue weighted by molar-refractivity contribution is 5.95. The van der Waals surface area contributed by atoms with Gasteiger partial charge in [0, 0.05) is 19.0 Å². The van der Waals surface area contributed by atoms with Crippen LogP contribution in [0.25, 0.3) is 0 Å². The SMILES string of the molecule is CCC(C(=O)N1C(=O)OC[C@@H]1Cc1ccccc1)C1CCN(C(=O)O)CC1. The van der Waals surface area contributed by atoms with Crippen LogP contribution >= 0.6 is 0 Å². The minimum absolute atomic E-state index is 0.0869. The Morgan fingerprint density at radius 2 is 1.89 bits per heavy atom. The number of ether oxygens (including phenoxy) is 1. The molecule has 0 saturated carbocycles. The van der Waals surface area contributed by atoms with Crippen LogP contribution in [0.15, 0.2) is 30.3 Å². The summed E-state index contributed by atoms with van der Waals surface area (Å²) in [4.78, 5) is 39.2. The van der Waals surface area contributed by atoms with E-state index < -0.39 is 12.2 Å². The highest BCUT2D eigenvalue weighted by atomic mass is 16.6. The van der Waals surface area contributed by atoms with Gasteiger partial charge in [-0.05, 0) is 37.2 Å². The summed E-state index contributed by atoms with van der Waals surface area (Å²) in [6.45, 7) is 3.02. The lowest BCUT2D eigenvalue weighted by atomic mass is 9.81. The predicted molar refractivity (Wildman–Crippen MR) is 98.2 cm³/mol. The second kappa shape index (κ2) is 8.41. The van der Waals surface area contributed by atoms with Crippen LogP contribution in [0.2, 0.25) is 0 Å². The van der Waals surface area contributed by atoms with E-state index in [4.69, 9.17) is 9.84 Å². The predicted octanol–water partition coefficient (Wildman–Crippen LogP) is 2.99. The van der Waals surface area contributed by atoms with Crippen molar-refractivity contribution < 1.29 is 24.2 Å². The van der Waals surface area contributed by atoms with Gasteiger partial charge in [0.25, 0.3) is 0 Å². The van der Waals surface area contributed by atoms with E-state index in [0.717, 1.165) is 5.56 Å². The van der Waals surface area contributed by atoms with Crippen molar-refractivity contribution in [2.75, 3.05) is 19.7 Å². The Kier molecular flexibility index (Phi) is 5.98. The first-order valence-electron chi connectivity index (χ1n) is 9.52. The molecule has 0 spiro atoms. The van der Waals surface area contributed by atoms with Crippen LogP contribution in [-0.2, 0) is 16.0 Å². The van der Waals surface area contributed by atoms with E-state index in [9.17, 15) is 14.4 Å². The molecule has 2 heterocycles. The van der Waals surface area contributed by atoms with Crippen LogP contribution < -0.4 is 0 Å². The summed E-state index contributed by atoms with van der Waals surface area (Å²) in [7, 11) is 0.